The van der Waals surface area contributed by atoms with Crippen molar-refractivity contribution in [2.45, 2.75) is 59.4 Å². The average Bonchev–Trinajstić information content (AvgIpc) is 2.86. The third kappa shape index (κ3) is 4.94. The van der Waals surface area contributed by atoms with Crippen molar-refractivity contribution in [3.8, 4) is 0 Å². The van der Waals surface area contributed by atoms with Gasteiger partial charge in [0.2, 0.25) is 8.13 Å². The van der Waals surface area contributed by atoms with E-state index in [-0.39, 0.29) is 6.54 Å². The summed E-state index contributed by atoms with van der Waals surface area (Å²) < 4.78 is 61.7. The second-order valence-corrected chi connectivity index (χ2v) is 8.82. The number of alkyl halides is 10. The molecule has 13 heteroatoms. The zero-order valence-electron chi connectivity index (χ0n) is 12.7. The molecule has 0 spiro atoms. The maximum absolute atomic E-state index is 14.0. The van der Waals surface area contributed by atoms with E-state index in [1.165, 1.54) is 0 Å². The highest BCUT2D eigenvalue weighted by molar-refractivity contribution is 6.75. The summed E-state index contributed by atoms with van der Waals surface area (Å²) in [5.41, 5.74) is -2.80. The van der Waals surface area contributed by atoms with Crippen LogP contribution in [-0.4, -0.2) is 25.0 Å². The highest BCUT2D eigenvalue weighted by Crippen LogP contribution is 2.56. The van der Waals surface area contributed by atoms with Crippen LogP contribution < -0.4 is 0 Å². The summed E-state index contributed by atoms with van der Waals surface area (Å²) in [6.07, 6.45) is -3.44. The van der Waals surface area contributed by atoms with Gasteiger partial charge in [-0.2, -0.15) is 22.0 Å². The molecule has 146 valence electrons. The van der Waals surface area contributed by atoms with Crippen molar-refractivity contribution >= 4 is 58.0 Å². The van der Waals surface area contributed by atoms with Gasteiger partial charge in [0.1, 0.15) is 11.4 Å². The lowest BCUT2D eigenvalue weighted by atomic mass is 10.1. The Balaban J connectivity index is 3.43. The summed E-state index contributed by atoms with van der Waals surface area (Å²) in [5.74, 6) is -5.35. The fourth-order valence-electron chi connectivity index (χ4n) is 1.95. The van der Waals surface area contributed by atoms with Crippen LogP contribution in [-0.2, 0) is 16.8 Å². The van der Waals surface area contributed by atoms with E-state index in [2.05, 4.69) is 10.3 Å². The van der Waals surface area contributed by atoms with Gasteiger partial charge in [-0.05, 0) is 6.42 Å². The van der Waals surface area contributed by atoms with Crippen molar-refractivity contribution in [2.75, 3.05) is 0 Å². The Bertz CT molecular complexity index is 583. The van der Waals surface area contributed by atoms with Crippen molar-refractivity contribution in [3.05, 3.63) is 11.4 Å². The summed E-state index contributed by atoms with van der Waals surface area (Å²) in [6.45, 7) is 1.66. The smallest absolute Gasteiger partial charge is 0.242 e. The normalized spacial score (nSPS) is 14.2. The molecule has 0 aliphatic rings. The molecule has 3 nitrogen and oxygen atoms in total. The minimum Gasteiger partial charge on any atom is -0.242 e. The SMILES string of the molecule is CCCCCCn1nnc(C(Cl)(Cl)C(Cl)(Cl)Cl)c1C(F)(F)C(F)(F)F. The molecule has 1 aromatic rings. The minimum absolute atomic E-state index is 0.252. The van der Waals surface area contributed by atoms with Gasteiger partial charge in [0.25, 0.3) is 0 Å². The molecule has 1 rings (SSSR count). The number of rotatable bonds is 7. The van der Waals surface area contributed by atoms with E-state index in [4.69, 9.17) is 58.0 Å². The van der Waals surface area contributed by atoms with Crippen LogP contribution in [0.1, 0.15) is 44.0 Å². The van der Waals surface area contributed by atoms with Crippen LogP contribution in [0.2, 0.25) is 0 Å². The second kappa shape index (κ2) is 8.09. The van der Waals surface area contributed by atoms with Crippen LogP contribution in [0.5, 0.6) is 0 Å². The lowest BCUT2D eigenvalue weighted by Crippen LogP contribution is -2.40. The van der Waals surface area contributed by atoms with Gasteiger partial charge < -0.3 is 0 Å². The molecule has 25 heavy (non-hydrogen) atoms. The van der Waals surface area contributed by atoms with Crippen molar-refractivity contribution in [2.24, 2.45) is 0 Å². The first-order chi connectivity index (χ1) is 11.2. The number of unbranched alkanes of at least 4 members (excludes halogenated alkanes) is 3. The Morgan fingerprint density at radius 3 is 1.92 bits per heavy atom. The van der Waals surface area contributed by atoms with E-state index >= 15 is 0 Å². The molecule has 0 saturated carbocycles. The monoisotopic (exact) mass is 469 g/mol. The van der Waals surface area contributed by atoms with Crippen molar-refractivity contribution in [3.63, 3.8) is 0 Å². The second-order valence-electron chi connectivity index (χ2n) is 5.21. The Labute approximate surface area is 165 Å². The minimum atomic E-state index is -5.94. The summed E-state index contributed by atoms with van der Waals surface area (Å²) in [6, 6.07) is 0. The molecule has 0 radical (unpaired) electrons. The van der Waals surface area contributed by atoms with E-state index in [1.807, 2.05) is 6.92 Å². The van der Waals surface area contributed by atoms with Crippen LogP contribution in [0.4, 0.5) is 22.0 Å². The van der Waals surface area contributed by atoms with Gasteiger partial charge in [-0.3, -0.25) is 0 Å². The van der Waals surface area contributed by atoms with Gasteiger partial charge in [-0.15, -0.1) is 5.10 Å². The first-order valence-electron chi connectivity index (χ1n) is 7.01. The van der Waals surface area contributed by atoms with Crippen molar-refractivity contribution in [1.29, 1.82) is 0 Å². The van der Waals surface area contributed by atoms with Gasteiger partial charge in [0, 0.05) is 6.54 Å². The molecular formula is C12H13Cl5F5N3. The molecule has 1 aromatic heterocycles. The molecule has 0 atom stereocenters. The van der Waals surface area contributed by atoms with E-state index in [0.717, 1.165) is 12.8 Å². The molecule has 0 bridgehead atoms. The number of halogens is 10. The van der Waals surface area contributed by atoms with Crippen LogP contribution in [0.15, 0.2) is 0 Å². The zero-order chi connectivity index (χ0) is 19.7. The Kier molecular flexibility index (Phi) is 7.53. The topological polar surface area (TPSA) is 30.7 Å². The van der Waals surface area contributed by atoms with Gasteiger partial charge in [-0.1, -0.05) is 89.4 Å². The van der Waals surface area contributed by atoms with Gasteiger partial charge in [0.15, 0.2) is 0 Å². The highest BCUT2D eigenvalue weighted by atomic mass is 35.6. The number of hydrogen-bond acceptors (Lipinski definition) is 2. The van der Waals surface area contributed by atoms with Gasteiger partial charge >= 0.3 is 12.1 Å². The number of hydrogen-bond donors (Lipinski definition) is 0. The van der Waals surface area contributed by atoms with Crippen LogP contribution >= 0.6 is 58.0 Å². The number of nitrogens with zero attached hydrogens (tertiary/aromatic N) is 3. The third-order valence-electron chi connectivity index (χ3n) is 3.27. The van der Waals surface area contributed by atoms with Gasteiger partial charge in [-0.25, -0.2) is 4.68 Å². The van der Waals surface area contributed by atoms with Crippen molar-refractivity contribution in [1.82, 2.24) is 15.0 Å². The molecule has 0 unspecified atom stereocenters. The summed E-state index contributed by atoms with van der Waals surface area (Å²) >= 11 is 28.0. The molecule has 1 heterocycles. The molecule has 0 aliphatic carbocycles. The Hall–Kier alpha value is 0.240. The highest BCUT2D eigenvalue weighted by Gasteiger charge is 2.65. The maximum Gasteiger partial charge on any atom is 0.459 e. The molecule has 0 fully saturated rings. The van der Waals surface area contributed by atoms with E-state index < -0.39 is 31.6 Å². The maximum atomic E-state index is 14.0. The van der Waals surface area contributed by atoms with Crippen molar-refractivity contribution < 1.29 is 22.0 Å². The molecule has 0 aliphatic heterocycles. The summed E-state index contributed by atoms with van der Waals surface area (Å²) in [5, 5.41) is 6.56. The lowest BCUT2D eigenvalue weighted by molar-refractivity contribution is -0.292. The lowest BCUT2D eigenvalue weighted by Gasteiger charge is -2.28. The Morgan fingerprint density at radius 2 is 1.48 bits per heavy atom. The largest absolute Gasteiger partial charge is 0.459 e. The standard InChI is InChI=1S/C12H13Cl5F5N3/c1-2-3-4-5-6-25-8(10(18,19)12(20,21)22)7(23-24-25)9(13,14)11(15,16)17/h2-6H2,1H3. The van der Waals surface area contributed by atoms with E-state index in [0.29, 0.717) is 17.5 Å². The van der Waals surface area contributed by atoms with Crippen LogP contribution in [0.3, 0.4) is 0 Å². The predicted molar refractivity (Wildman–Crippen MR) is 87.8 cm³/mol. The molecular weight excluding hydrogens is 458 g/mol. The molecule has 0 aromatic carbocycles. The fraction of sp³-hybridized carbons (Fsp3) is 0.833. The van der Waals surface area contributed by atoms with E-state index in [1.54, 1.807) is 0 Å². The van der Waals surface area contributed by atoms with Crippen LogP contribution in [0, 0.1) is 0 Å². The average molecular weight is 472 g/mol. The third-order valence-corrected chi connectivity index (χ3v) is 5.62. The fourth-order valence-corrected chi connectivity index (χ4v) is 2.47. The zero-order valence-corrected chi connectivity index (χ0v) is 16.4. The van der Waals surface area contributed by atoms with Crippen LogP contribution in [0.25, 0.3) is 0 Å². The quantitative estimate of drug-likeness (QED) is 0.258. The Morgan fingerprint density at radius 1 is 0.920 bits per heavy atom. The summed E-state index contributed by atoms with van der Waals surface area (Å²) in [7, 11) is 0. The number of aryl methyl sites for hydroxylation is 1. The number of aromatic nitrogens is 3. The predicted octanol–water partition coefficient (Wildman–Crippen LogP) is 6.51. The molecule has 0 N–H and O–H groups in total. The van der Waals surface area contributed by atoms with Gasteiger partial charge in [0.05, 0.1) is 0 Å². The first kappa shape index (κ1) is 23.3. The molecule has 0 saturated heterocycles. The van der Waals surface area contributed by atoms with E-state index in [9.17, 15) is 22.0 Å². The first-order valence-corrected chi connectivity index (χ1v) is 8.90. The molecule has 0 amide bonds. The summed E-state index contributed by atoms with van der Waals surface area (Å²) in [4.78, 5) is 0.